The lowest BCUT2D eigenvalue weighted by Crippen LogP contribution is -2.49. The molecule has 2 rings (SSSR count). The summed E-state index contributed by atoms with van der Waals surface area (Å²) in [5, 5.41) is 3.22. The Morgan fingerprint density at radius 1 is 1.22 bits per heavy atom. The fraction of sp³-hybridized carbons (Fsp3) is 0.529. The second kappa shape index (κ2) is 8.89. The molecule has 1 saturated heterocycles. The summed E-state index contributed by atoms with van der Waals surface area (Å²) in [7, 11) is 1.70. The number of rotatable bonds is 4. The van der Waals surface area contributed by atoms with Crippen LogP contribution in [-0.4, -0.2) is 61.4 Å². The molecule has 1 aliphatic rings. The van der Waals surface area contributed by atoms with Crippen molar-refractivity contribution in [2.24, 2.45) is 0 Å². The van der Waals surface area contributed by atoms with Gasteiger partial charge in [0.15, 0.2) is 0 Å². The number of nitrogens with one attached hydrogen (secondary N) is 1. The van der Waals surface area contributed by atoms with Crippen molar-refractivity contribution in [3.63, 3.8) is 0 Å². The summed E-state index contributed by atoms with van der Waals surface area (Å²) >= 11 is 0. The van der Waals surface area contributed by atoms with Crippen molar-refractivity contribution in [2.75, 3.05) is 39.8 Å². The van der Waals surface area contributed by atoms with Crippen molar-refractivity contribution in [1.29, 1.82) is 0 Å². The molecule has 1 heterocycles. The van der Waals surface area contributed by atoms with Crippen LogP contribution in [0.5, 0.6) is 0 Å². The van der Waals surface area contributed by atoms with Gasteiger partial charge in [0, 0.05) is 33.2 Å². The number of halogens is 1. The van der Waals surface area contributed by atoms with E-state index in [1.807, 2.05) is 36.9 Å². The third kappa shape index (κ3) is 5.52. The van der Waals surface area contributed by atoms with Crippen molar-refractivity contribution in [3.8, 4) is 0 Å². The third-order valence-electron chi connectivity index (χ3n) is 4.11. The number of carbonyl (C=O) groups excluding carboxylic acids is 2. The van der Waals surface area contributed by atoms with Crippen LogP contribution >= 0.6 is 12.4 Å². The molecule has 0 saturated carbocycles. The molecule has 0 spiro atoms. The molecule has 1 aromatic carbocycles. The van der Waals surface area contributed by atoms with E-state index in [1.54, 1.807) is 7.05 Å². The Bertz CT molecular complexity index is 557. The molecule has 128 valence electrons. The van der Waals surface area contributed by atoms with Crippen molar-refractivity contribution in [3.05, 3.63) is 34.9 Å². The standard InChI is InChI=1S/C17H25N3O2.ClH/c1-13-4-5-14(2)15(10-13)11-16(21)19(3)12-17(22)20-8-6-18-7-9-20;/h4-5,10,18H,6-9,11-12H2,1-3H3;1H. The lowest BCUT2D eigenvalue weighted by molar-refractivity contribution is -0.139. The van der Waals surface area contributed by atoms with Crippen LogP contribution < -0.4 is 5.32 Å². The largest absolute Gasteiger partial charge is 0.339 e. The van der Waals surface area contributed by atoms with E-state index in [9.17, 15) is 9.59 Å². The minimum absolute atomic E-state index is 0. The molecule has 0 aromatic heterocycles. The third-order valence-corrected chi connectivity index (χ3v) is 4.11. The fourth-order valence-electron chi connectivity index (χ4n) is 2.59. The average molecular weight is 340 g/mol. The molecule has 1 aliphatic heterocycles. The van der Waals surface area contributed by atoms with E-state index in [-0.39, 0.29) is 30.8 Å². The Morgan fingerprint density at radius 3 is 2.52 bits per heavy atom. The number of carbonyl (C=O) groups is 2. The molecule has 23 heavy (non-hydrogen) atoms. The summed E-state index contributed by atoms with van der Waals surface area (Å²) in [4.78, 5) is 27.9. The van der Waals surface area contributed by atoms with Crippen LogP contribution in [0.3, 0.4) is 0 Å². The van der Waals surface area contributed by atoms with Crippen LogP contribution in [-0.2, 0) is 16.0 Å². The van der Waals surface area contributed by atoms with Gasteiger partial charge < -0.3 is 15.1 Å². The molecular formula is C17H26ClN3O2. The smallest absolute Gasteiger partial charge is 0.242 e. The summed E-state index contributed by atoms with van der Waals surface area (Å²) in [5.41, 5.74) is 3.29. The summed E-state index contributed by atoms with van der Waals surface area (Å²) in [6.45, 7) is 7.27. The van der Waals surface area contributed by atoms with Gasteiger partial charge in [-0.15, -0.1) is 12.4 Å². The molecule has 0 bridgehead atoms. The Morgan fingerprint density at radius 2 is 1.87 bits per heavy atom. The highest BCUT2D eigenvalue weighted by Gasteiger charge is 2.20. The molecule has 5 nitrogen and oxygen atoms in total. The predicted octanol–water partition coefficient (Wildman–Crippen LogP) is 1.16. The summed E-state index contributed by atoms with van der Waals surface area (Å²) < 4.78 is 0. The number of nitrogens with zero attached hydrogens (tertiary/aromatic N) is 2. The zero-order valence-electron chi connectivity index (χ0n) is 14.1. The zero-order valence-corrected chi connectivity index (χ0v) is 14.9. The Balaban J connectivity index is 0.00000264. The first-order chi connectivity index (χ1) is 10.5. The van der Waals surface area contributed by atoms with E-state index in [1.165, 1.54) is 4.90 Å². The number of benzene rings is 1. The van der Waals surface area contributed by atoms with Gasteiger partial charge in [-0.25, -0.2) is 0 Å². The van der Waals surface area contributed by atoms with Crippen LogP contribution in [0.25, 0.3) is 0 Å². The maximum absolute atomic E-state index is 12.3. The first-order valence-electron chi connectivity index (χ1n) is 7.76. The molecule has 0 aliphatic carbocycles. The highest BCUT2D eigenvalue weighted by atomic mass is 35.5. The van der Waals surface area contributed by atoms with E-state index >= 15 is 0 Å². The van der Waals surface area contributed by atoms with Crippen LogP contribution in [0.2, 0.25) is 0 Å². The van der Waals surface area contributed by atoms with Crippen molar-refractivity contribution >= 4 is 24.2 Å². The average Bonchev–Trinajstić information content (AvgIpc) is 2.51. The minimum atomic E-state index is -0.0165. The lowest BCUT2D eigenvalue weighted by Gasteiger charge is -2.29. The lowest BCUT2D eigenvalue weighted by atomic mass is 10.0. The van der Waals surface area contributed by atoms with Gasteiger partial charge in [-0.3, -0.25) is 9.59 Å². The Labute approximate surface area is 144 Å². The van der Waals surface area contributed by atoms with Crippen LogP contribution in [0.4, 0.5) is 0 Å². The topological polar surface area (TPSA) is 52.7 Å². The fourth-order valence-corrected chi connectivity index (χ4v) is 2.59. The van der Waals surface area contributed by atoms with Gasteiger partial charge in [-0.05, 0) is 25.0 Å². The number of amides is 2. The van der Waals surface area contributed by atoms with Crippen molar-refractivity contribution in [2.45, 2.75) is 20.3 Å². The molecule has 6 heteroatoms. The molecule has 1 aromatic rings. The maximum Gasteiger partial charge on any atom is 0.242 e. The monoisotopic (exact) mass is 339 g/mol. The van der Waals surface area contributed by atoms with Gasteiger partial charge in [0.25, 0.3) is 0 Å². The molecule has 0 atom stereocenters. The van der Waals surface area contributed by atoms with E-state index in [0.717, 1.165) is 42.9 Å². The molecule has 2 amide bonds. The van der Waals surface area contributed by atoms with Gasteiger partial charge in [-0.1, -0.05) is 23.8 Å². The molecule has 1 N–H and O–H groups in total. The minimum Gasteiger partial charge on any atom is -0.339 e. The SMILES string of the molecule is Cc1ccc(C)c(CC(=O)N(C)CC(=O)N2CCNCC2)c1.Cl. The molecular weight excluding hydrogens is 314 g/mol. The molecule has 0 unspecified atom stereocenters. The number of hydrogen-bond acceptors (Lipinski definition) is 3. The summed E-state index contributed by atoms with van der Waals surface area (Å²) in [5.74, 6) is 0.00972. The van der Waals surface area contributed by atoms with E-state index in [4.69, 9.17) is 0 Å². The molecule has 1 fully saturated rings. The van der Waals surface area contributed by atoms with Gasteiger partial charge in [0.2, 0.25) is 11.8 Å². The second-order valence-electron chi connectivity index (χ2n) is 5.99. The zero-order chi connectivity index (χ0) is 16.1. The van der Waals surface area contributed by atoms with Gasteiger partial charge in [-0.2, -0.15) is 0 Å². The number of piperazine rings is 1. The van der Waals surface area contributed by atoms with Crippen molar-refractivity contribution in [1.82, 2.24) is 15.1 Å². The predicted molar refractivity (Wildman–Crippen MR) is 94.0 cm³/mol. The Hall–Kier alpha value is -1.59. The first kappa shape index (κ1) is 19.5. The quantitative estimate of drug-likeness (QED) is 0.895. The number of likely N-dealkylation sites (N-methyl/N-ethyl adjacent to an activating group) is 1. The summed E-state index contributed by atoms with van der Waals surface area (Å²) in [6, 6.07) is 6.12. The van der Waals surface area contributed by atoms with Crippen molar-refractivity contribution < 1.29 is 9.59 Å². The van der Waals surface area contributed by atoms with Gasteiger partial charge in [0.05, 0.1) is 13.0 Å². The van der Waals surface area contributed by atoms with Crippen LogP contribution in [0, 0.1) is 13.8 Å². The van der Waals surface area contributed by atoms with Crippen LogP contribution in [0.15, 0.2) is 18.2 Å². The number of hydrogen-bond donors (Lipinski definition) is 1. The van der Waals surface area contributed by atoms with E-state index < -0.39 is 0 Å². The molecule has 0 radical (unpaired) electrons. The van der Waals surface area contributed by atoms with Gasteiger partial charge >= 0.3 is 0 Å². The van der Waals surface area contributed by atoms with Gasteiger partial charge in [0.1, 0.15) is 0 Å². The summed E-state index contributed by atoms with van der Waals surface area (Å²) in [6.07, 6.45) is 0.346. The van der Waals surface area contributed by atoms with Crippen LogP contribution in [0.1, 0.15) is 16.7 Å². The maximum atomic E-state index is 12.3. The second-order valence-corrected chi connectivity index (χ2v) is 5.99. The normalized spacial score (nSPS) is 14.1. The van der Waals surface area contributed by atoms with E-state index in [0.29, 0.717) is 6.42 Å². The number of aryl methyl sites for hydroxylation is 2. The Kier molecular flexibility index (Phi) is 7.52. The highest BCUT2D eigenvalue weighted by molar-refractivity contribution is 5.86. The highest BCUT2D eigenvalue weighted by Crippen LogP contribution is 2.12. The van der Waals surface area contributed by atoms with E-state index in [2.05, 4.69) is 5.32 Å². The first-order valence-corrected chi connectivity index (χ1v) is 7.76.